The Balaban J connectivity index is 1.44. The molecule has 0 saturated heterocycles. The predicted octanol–water partition coefficient (Wildman–Crippen LogP) is 6.04. The van der Waals surface area contributed by atoms with Gasteiger partial charge in [-0.2, -0.15) is 13.2 Å². The minimum absolute atomic E-state index is 0.0736. The second-order valence-corrected chi connectivity index (χ2v) is 8.20. The number of carbonyl (C=O) groups is 1. The van der Waals surface area contributed by atoms with Gasteiger partial charge in [0.05, 0.1) is 18.2 Å². The molecule has 1 heterocycles. The number of nitrogens with one attached hydrogen (secondary N) is 2. The molecule has 0 saturated carbocycles. The van der Waals surface area contributed by atoms with Crippen molar-refractivity contribution in [1.29, 1.82) is 0 Å². The first-order valence-corrected chi connectivity index (χ1v) is 11.3. The summed E-state index contributed by atoms with van der Waals surface area (Å²) in [6.07, 6.45) is -2.17. The van der Waals surface area contributed by atoms with Crippen LogP contribution in [0, 0.1) is 0 Å². The molecule has 1 aromatic heterocycles. The highest BCUT2D eigenvalue weighted by Gasteiger charge is 2.30. The number of aromatic nitrogens is 1. The van der Waals surface area contributed by atoms with Crippen molar-refractivity contribution in [1.82, 2.24) is 4.98 Å². The largest absolute Gasteiger partial charge is 0.416 e. The molecule has 0 aliphatic rings. The summed E-state index contributed by atoms with van der Waals surface area (Å²) in [5.74, 6) is -0.380. The number of nitrogens with zero attached hydrogens (tertiary/aromatic N) is 1. The van der Waals surface area contributed by atoms with Crippen LogP contribution >= 0.6 is 0 Å². The molecule has 0 spiro atoms. The van der Waals surface area contributed by atoms with Gasteiger partial charge >= 0.3 is 6.18 Å². The zero-order chi connectivity index (χ0) is 25.5. The summed E-state index contributed by atoms with van der Waals surface area (Å²) in [6, 6.07) is 23.9. The van der Waals surface area contributed by atoms with Crippen LogP contribution in [0.25, 0.3) is 11.1 Å². The molecule has 8 heteroatoms. The number of rotatable bonds is 8. The lowest BCUT2D eigenvalue weighted by Crippen LogP contribution is -2.26. The van der Waals surface area contributed by atoms with Crippen LogP contribution in [0.5, 0.6) is 0 Å². The van der Waals surface area contributed by atoms with Gasteiger partial charge in [0.15, 0.2) is 0 Å². The molecular weight excluding hydrogens is 467 g/mol. The summed E-state index contributed by atoms with van der Waals surface area (Å²) in [6.45, 7) is -0.0736. The first-order valence-electron chi connectivity index (χ1n) is 11.3. The fourth-order valence-electron chi connectivity index (χ4n) is 3.79. The van der Waals surface area contributed by atoms with Gasteiger partial charge in [0.25, 0.3) is 5.91 Å². The number of aliphatic hydroxyl groups excluding tert-OH is 1. The minimum Gasteiger partial charge on any atom is -0.394 e. The molecule has 36 heavy (non-hydrogen) atoms. The van der Waals surface area contributed by atoms with E-state index in [1.807, 2.05) is 18.2 Å². The number of pyridine rings is 1. The summed E-state index contributed by atoms with van der Waals surface area (Å²) >= 11 is 0. The minimum atomic E-state index is -4.42. The first kappa shape index (κ1) is 24.9. The maximum absolute atomic E-state index is 13.0. The van der Waals surface area contributed by atoms with Crippen LogP contribution in [0.4, 0.5) is 24.5 Å². The molecule has 0 bridgehead atoms. The number of carbonyl (C=O) groups excluding carboxylic acids is 1. The van der Waals surface area contributed by atoms with Gasteiger partial charge in [-0.1, -0.05) is 36.4 Å². The fourth-order valence-corrected chi connectivity index (χ4v) is 3.79. The van der Waals surface area contributed by atoms with Crippen LogP contribution in [-0.2, 0) is 12.6 Å². The third kappa shape index (κ3) is 6.28. The number of aliphatic hydroxyl groups is 1. The highest BCUT2D eigenvalue weighted by molar-refractivity contribution is 6.08. The SMILES string of the molecule is O=C(Nc1ccc(NC(CO)Cc2ccccn2)cc1)c1ccccc1-c1ccc(C(F)(F)F)cc1. The van der Waals surface area contributed by atoms with Crippen LogP contribution in [0.1, 0.15) is 21.6 Å². The molecule has 4 aromatic rings. The van der Waals surface area contributed by atoms with E-state index in [1.54, 1.807) is 54.7 Å². The molecule has 5 nitrogen and oxygen atoms in total. The Kier molecular flexibility index (Phi) is 7.65. The van der Waals surface area contributed by atoms with E-state index in [1.165, 1.54) is 12.1 Å². The second kappa shape index (κ2) is 11.0. The van der Waals surface area contributed by atoms with Gasteiger partial charge in [-0.05, 0) is 65.7 Å². The monoisotopic (exact) mass is 491 g/mol. The summed E-state index contributed by atoms with van der Waals surface area (Å²) in [5, 5.41) is 15.8. The molecule has 0 fully saturated rings. The van der Waals surface area contributed by atoms with Crippen molar-refractivity contribution in [2.75, 3.05) is 17.2 Å². The average molecular weight is 492 g/mol. The van der Waals surface area contributed by atoms with Crippen molar-refractivity contribution in [2.24, 2.45) is 0 Å². The standard InChI is InChI=1S/C28H24F3N3O2/c29-28(30,31)20-10-8-19(9-11-20)25-6-1-2-7-26(25)27(36)34-22-14-12-21(13-15-22)33-24(18-35)17-23-5-3-4-16-32-23/h1-16,24,33,35H,17-18H2,(H,34,36). The normalized spacial score (nSPS) is 12.1. The molecule has 1 unspecified atom stereocenters. The van der Waals surface area contributed by atoms with Crippen molar-refractivity contribution >= 4 is 17.3 Å². The number of halogens is 3. The summed E-state index contributed by atoms with van der Waals surface area (Å²) < 4.78 is 38.7. The van der Waals surface area contributed by atoms with E-state index >= 15 is 0 Å². The molecule has 3 aromatic carbocycles. The molecule has 4 rings (SSSR count). The van der Waals surface area contributed by atoms with Crippen LogP contribution in [0.2, 0.25) is 0 Å². The summed E-state index contributed by atoms with van der Waals surface area (Å²) in [7, 11) is 0. The van der Waals surface area contributed by atoms with Crippen molar-refractivity contribution in [2.45, 2.75) is 18.6 Å². The third-order valence-corrected chi connectivity index (χ3v) is 5.61. The first-order chi connectivity index (χ1) is 17.3. The molecule has 3 N–H and O–H groups in total. The number of amides is 1. The topological polar surface area (TPSA) is 74.2 Å². The Labute approximate surface area is 206 Å². The van der Waals surface area contributed by atoms with Gasteiger partial charge < -0.3 is 15.7 Å². The Morgan fingerprint density at radius 1 is 0.861 bits per heavy atom. The lowest BCUT2D eigenvalue weighted by atomic mass is 9.98. The lowest BCUT2D eigenvalue weighted by molar-refractivity contribution is -0.137. The van der Waals surface area contributed by atoms with Crippen molar-refractivity contribution < 1.29 is 23.1 Å². The smallest absolute Gasteiger partial charge is 0.394 e. The molecule has 1 atom stereocenters. The van der Waals surface area contributed by atoms with Gasteiger partial charge in [-0.25, -0.2) is 0 Å². The molecule has 1 amide bonds. The Morgan fingerprint density at radius 2 is 1.53 bits per heavy atom. The Morgan fingerprint density at radius 3 is 2.17 bits per heavy atom. The van der Waals surface area contributed by atoms with Crippen molar-refractivity contribution in [3.05, 3.63) is 114 Å². The second-order valence-electron chi connectivity index (χ2n) is 8.20. The average Bonchev–Trinajstić information content (AvgIpc) is 2.89. The van der Waals surface area contributed by atoms with Crippen LogP contribution in [-0.4, -0.2) is 28.6 Å². The third-order valence-electron chi connectivity index (χ3n) is 5.61. The van der Waals surface area contributed by atoms with Gasteiger partial charge in [-0.3, -0.25) is 9.78 Å². The number of benzene rings is 3. The molecule has 0 radical (unpaired) electrons. The van der Waals surface area contributed by atoms with Gasteiger partial charge in [0, 0.05) is 35.2 Å². The van der Waals surface area contributed by atoms with E-state index in [0.717, 1.165) is 23.5 Å². The maximum Gasteiger partial charge on any atom is 0.416 e. The van der Waals surface area contributed by atoms with Crippen molar-refractivity contribution in [3.63, 3.8) is 0 Å². The Hall–Kier alpha value is -4.17. The highest BCUT2D eigenvalue weighted by atomic mass is 19.4. The predicted molar refractivity (Wildman–Crippen MR) is 134 cm³/mol. The van der Waals surface area contributed by atoms with E-state index in [2.05, 4.69) is 15.6 Å². The van der Waals surface area contributed by atoms with Gasteiger partial charge in [-0.15, -0.1) is 0 Å². The zero-order valence-corrected chi connectivity index (χ0v) is 19.2. The van der Waals surface area contributed by atoms with E-state index in [9.17, 15) is 23.1 Å². The highest BCUT2D eigenvalue weighted by Crippen LogP contribution is 2.32. The Bertz CT molecular complexity index is 1290. The lowest BCUT2D eigenvalue weighted by Gasteiger charge is -2.17. The van der Waals surface area contributed by atoms with Crippen molar-refractivity contribution in [3.8, 4) is 11.1 Å². The maximum atomic E-state index is 13.0. The summed E-state index contributed by atoms with van der Waals surface area (Å²) in [4.78, 5) is 17.3. The van der Waals surface area contributed by atoms with Crippen LogP contribution in [0.15, 0.2) is 97.2 Å². The number of anilines is 2. The zero-order valence-electron chi connectivity index (χ0n) is 19.2. The molecule has 0 aliphatic carbocycles. The summed E-state index contributed by atoms with van der Waals surface area (Å²) in [5.41, 5.74) is 2.82. The number of hydrogen-bond acceptors (Lipinski definition) is 4. The van der Waals surface area contributed by atoms with Gasteiger partial charge in [0.1, 0.15) is 0 Å². The molecule has 0 aliphatic heterocycles. The number of alkyl halides is 3. The number of hydrogen-bond donors (Lipinski definition) is 3. The van der Waals surface area contributed by atoms with E-state index in [4.69, 9.17) is 0 Å². The quantitative estimate of drug-likeness (QED) is 0.281. The van der Waals surface area contributed by atoms with Crippen LogP contribution in [0.3, 0.4) is 0 Å². The van der Waals surface area contributed by atoms with Gasteiger partial charge in [0.2, 0.25) is 0 Å². The van der Waals surface area contributed by atoms with E-state index < -0.39 is 11.7 Å². The molecular formula is C28H24F3N3O2. The van der Waals surface area contributed by atoms with E-state index in [0.29, 0.717) is 28.8 Å². The van der Waals surface area contributed by atoms with Crippen LogP contribution < -0.4 is 10.6 Å². The molecule has 184 valence electrons. The fraction of sp³-hybridized carbons (Fsp3) is 0.143. The van der Waals surface area contributed by atoms with E-state index in [-0.39, 0.29) is 18.6 Å².